The molecule has 3 aliphatic carbocycles. The third-order valence-corrected chi connectivity index (χ3v) is 5.69. The largest absolute Gasteiger partial charge is 0.505 e. The molecule has 0 amide bonds. The van der Waals surface area contributed by atoms with Crippen LogP contribution in [0.25, 0.3) is 0 Å². The SMILES string of the molecule is Oc1ccc(CCC23CCC(O)(CC2)C(F)(F)C3(F)F)c(F)c1F. The third kappa shape index (κ3) is 2.01. The molecule has 0 saturated heterocycles. The van der Waals surface area contributed by atoms with Crippen LogP contribution in [0.1, 0.15) is 37.7 Å². The normalized spacial score (nSPS) is 33.6. The Morgan fingerprint density at radius 3 is 2.04 bits per heavy atom. The average Bonchev–Trinajstić information content (AvgIpc) is 2.52. The van der Waals surface area contributed by atoms with Crippen LogP contribution >= 0.6 is 0 Å². The molecule has 2 bridgehead atoms. The summed E-state index contributed by atoms with van der Waals surface area (Å²) in [5.74, 6) is -12.8. The summed E-state index contributed by atoms with van der Waals surface area (Å²) in [6.07, 6.45) is -2.37. The molecule has 1 aromatic carbocycles. The van der Waals surface area contributed by atoms with Crippen LogP contribution in [0.5, 0.6) is 5.75 Å². The van der Waals surface area contributed by atoms with E-state index in [9.17, 15) is 31.4 Å². The first-order chi connectivity index (χ1) is 11.0. The number of aromatic hydroxyl groups is 1. The molecule has 0 radical (unpaired) electrons. The average molecular weight is 354 g/mol. The Morgan fingerprint density at radius 2 is 1.46 bits per heavy atom. The number of phenols is 1. The van der Waals surface area contributed by atoms with Crippen molar-refractivity contribution in [3.8, 4) is 5.75 Å². The van der Waals surface area contributed by atoms with Crippen LogP contribution < -0.4 is 0 Å². The topological polar surface area (TPSA) is 40.5 Å². The van der Waals surface area contributed by atoms with Crippen LogP contribution in [0.15, 0.2) is 12.1 Å². The van der Waals surface area contributed by atoms with Gasteiger partial charge in [-0.1, -0.05) is 6.07 Å². The van der Waals surface area contributed by atoms with Crippen LogP contribution in [0.4, 0.5) is 26.3 Å². The number of fused-ring (bicyclic) bond motifs is 3. The summed E-state index contributed by atoms with van der Waals surface area (Å²) in [6, 6.07) is 1.93. The van der Waals surface area contributed by atoms with E-state index >= 15 is 0 Å². The molecular weight excluding hydrogens is 338 g/mol. The number of benzene rings is 1. The van der Waals surface area contributed by atoms with E-state index in [0.29, 0.717) is 0 Å². The van der Waals surface area contributed by atoms with Gasteiger partial charge in [0, 0.05) is 5.41 Å². The summed E-state index contributed by atoms with van der Waals surface area (Å²) < 4.78 is 84.0. The van der Waals surface area contributed by atoms with Gasteiger partial charge in [-0.05, 0) is 50.2 Å². The van der Waals surface area contributed by atoms with Gasteiger partial charge in [0.1, 0.15) is 5.60 Å². The minimum atomic E-state index is -4.56. The standard InChI is InChI=1S/C16H16F6O2/c17-11-9(1-2-10(23)12(11)18)3-4-13-5-7-14(24,8-6-13)16(21,22)15(13,19)20/h1-2,23-24H,3-8H2. The summed E-state index contributed by atoms with van der Waals surface area (Å²) >= 11 is 0. The van der Waals surface area contributed by atoms with E-state index in [1.165, 1.54) is 0 Å². The van der Waals surface area contributed by atoms with E-state index in [4.69, 9.17) is 5.11 Å². The molecule has 24 heavy (non-hydrogen) atoms. The summed E-state index contributed by atoms with van der Waals surface area (Å²) in [7, 11) is 0. The zero-order valence-electron chi connectivity index (χ0n) is 12.6. The van der Waals surface area contributed by atoms with Crippen LogP contribution in [0.3, 0.4) is 0 Å². The van der Waals surface area contributed by atoms with Crippen LogP contribution in [-0.2, 0) is 6.42 Å². The first kappa shape index (κ1) is 17.4. The first-order valence-corrected chi connectivity index (χ1v) is 7.61. The highest BCUT2D eigenvalue weighted by atomic mass is 19.3. The van der Waals surface area contributed by atoms with Crippen LogP contribution in [-0.4, -0.2) is 27.7 Å². The van der Waals surface area contributed by atoms with Crippen molar-refractivity contribution in [3.05, 3.63) is 29.3 Å². The van der Waals surface area contributed by atoms with Crippen molar-refractivity contribution in [3.63, 3.8) is 0 Å². The Morgan fingerprint density at radius 1 is 0.875 bits per heavy atom. The number of hydrogen-bond donors (Lipinski definition) is 2. The van der Waals surface area contributed by atoms with E-state index in [2.05, 4.69) is 0 Å². The lowest BCUT2D eigenvalue weighted by Gasteiger charge is -2.59. The molecule has 2 nitrogen and oxygen atoms in total. The Bertz CT molecular complexity index is 665. The smallest absolute Gasteiger partial charge is 0.338 e. The van der Waals surface area contributed by atoms with Crippen molar-refractivity contribution in [2.24, 2.45) is 5.41 Å². The van der Waals surface area contributed by atoms with Crippen molar-refractivity contribution < 1.29 is 36.6 Å². The van der Waals surface area contributed by atoms with Crippen molar-refractivity contribution >= 4 is 0 Å². The minimum absolute atomic E-state index is 0.259. The number of rotatable bonds is 3. The van der Waals surface area contributed by atoms with E-state index in [0.717, 1.165) is 12.1 Å². The molecule has 0 atom stereocenters. The maximum Gasteiger partial charge on any atom is 0.338 e. The van der Waals surface area contributed by atoms with Crippen molar-refractivity contribution in [1.82, 2.24) is 0 Å². The third-order valence-electron chi connectivity index (χ3n) is 5.69. The van der Waals surface area contributed by atoms with Gasteiger partial charge in [0.2, 0.25) is 5.82 Å². The van der Waals surface area contributed by atoms with Gasteiger partial charge >= 0.3 is 11.8 Å². The number of halogens is 6. The molecule has 8 heteroatoms. The molecule has 3 saturated carbocycles. The molecule has 0 aromatic heterocycles. The number of hydrogen-bond acceptors (Lipinski definition) is 2. The summed E-state index contributed by atoms with van der Waals surface area (Å²) in [5, 5.41) is 18.9. The van der Waals surface area contributed by atoms with Gasteiger partial charge in [0.05, 0.1) is 0 Å². The van der Waals surface area contributed by atoms with Crippen LogP contribution in [0, 0.1) is 17.0 Å². The molecule has 3 fully saturated rings. The Labute approximate surface area is 134 Å². The van der Waals surface area contributed by atoms with E-state index < -0.39 is 59.5 Å². The zero-order valence-corrected chi connectivity index (χ0v) is 12.6. The second-order valence-corrected chi connectivity index (χ2v) is 6.83. The molecule has 0 spiro atoms. The van der Waals surface area contributed by atoms with Crippen LogP contribution in [0.2, 0.25) is 0 Å². The molecular formula is C16H16F6O2. The van der Waals surface area contributed by atoms with Gasteiger partial charge in [0.15, 0.2) is 11.6 Å². The fourth-order valence-corrected chi connectivity index (χ4v) is 3.95. The molecule has 0 aliphatic heterocycles. The van der Waals surface area contributed by atoms with Crippen molar-refractivity contribution in [2.75, 3.05) is 0 Å². The molecule has 4 rings (SSSR count). The Kier molecular flexibility index (Phi) is 3.64. The number of phenolic OH excluding ortho intramolecular Hbond substituents is 1. The van der Waals surface area contributed by atoms with E-state index in [1.54, 1.807) is 0 Å². The van der Waals surface area contributed by atoms with Crippen molar-refractivity contribution in [2.45, 2.75) is 56.0 Å². The van der Waals surface area contributed by atoms with Gasteiger partial charge in [-0.15, -0.1) is 0 Å². The maximum atomic E-state index is 14.4. The second-order valence-electron chi connectivity index (χ2n) is 6.83. The molecule has 3 aliphatic rings. The predicted molar refractivity (Wildman–Crippen MR) is 72.1 cm³/mol. The summed E-state index contributed by atoms with van der Waals surface area (Å²) in [5.41, 5.74) is -5.04. The lowest BCUT2D eigenvalue weighted by Crippen LogP contribution is -2.72. The molecule has 2 N–H and O–H groups in total. The highest BCUT2D eigenvalue weighted by molar-refractivity contribution is 5.30. The second kappa shape index (κ2) is 5.03. The minimum Gasteiger partial charge on any atom is -0.505 e. The summed E-state index contributed by atoms with van der Waals surface area (Å²) in [6.45, 7) is 0. The molecule has 1 aromatic rings. The van der Waals surface area contributed by atoms with Gasteiger partial charge in [0.25, 0.3) is 0 Å². The Hall–Kier alpha value is -1.44. The molecule has 134 valence electrons. The monoisotopic (exact) mass is 354 g/mol. The number of aryl methyl sites for hydroxylation is 1. The fourth-order valence-electron chi connectivity index (χ4n) is 3.95. The fraction of sp³-hybridized carbons (Fsp3) is 0.625. The first-order valence-electron chi connectivity index (χ1n) is 7.61. The van der Waals surface area contributed by atoms with E-state index in [-0.39, 0.29) is 24.8 Å². The maximum absolute atomic E-state index is 14.4. The van der Waals surface area contributed by atoms with Crippen molar-refractivity contribution in [1.29, 1.82) is 0 Å². The zero-order chi connectivity index (χ0) is 18.0. The lowest BCUT2D eigenvalue weighted by atomic mass is 9.53. The Balaban J connectivity index is 1.89. The van der Waals surface area contributed by atoms with Gasteiger partial charge in [-0.25, -0.2) is 4.39 Å². The van der Waals surface area contributed by atoms with Gasteiger partial charge in [-0.3, -0.25) is 0 Å². The highest BCUT2D eigenvalue weighted by Crippen LogP contribution is 2.68. The van der Waals surface area contributed by atoms with Gasteiger partial charge in [-0.2, -0.15) is 22.0 Å². The molecule has 0 heterocycles. The summed E-state index contributed by atoms with van der Waals surface area (Å²) in [4.78, 5) is 0. The molecule has 0 unspecified atom stereocenters. The number of alkyl halides is 4. The van der Waals surface area contributed by atoms with Gasteiger partial charge < -0.3 is 10.2 Å². The predicted octanol–water partition coefficient (Wildman–Crippen LogP) is 4.18. The number of aliphatic hydroxyl groups is 1. The highest BCUT2D eigenvalue weighted by Gasteiger charge is 2.81. The lowest BCUT2D eigenvalue weighted by molar-refractivity contribution is -0.383. The van der Waals surface area contributed by atoms with E-state index in [1.807, 2.05) is 0 Å². The quantitative estimate of drug-likeness (QED) is 0.800.